The molecular formula is C16H14ClN3O2. The van der Waals surface area contributed by atoms with Crippen LogP contribution in [0, 0.1) is 0 Å². The minimum atomic E-state index is 0.639. The van der Waals surface area contributed by atoms with Crippen LogP contribution in [-0.4, -0.2) is 24.2 Å². The minimum absolute atomic E-state index is 0.639. The summed E-state index contributed by atoms with van der Waals surface area (Å²) >= 11 is 6.00. The Kier molecular flexibility index (Phi) is 3.98. The van der Waals surface area contributed by atoms with E-state index in [1.165, 1.54) is 6.33 Å². The lowest BCUT2D eigenvalue weighted by atomic mass is 10.2. The molecule has 1 aromatic heterocycles. The van der Waals surface area contributed by atoms with Gasteiger partial charge in [-0.3, -0.25) is 0 Å². The van der Waals surface area contributed by atoms with E-state index < -0.39 is 0 Å². The van der Waals surface area contributed by atoms with Crippen LogP contribution in [0.25, 0.3) is 10.9 Å². The monoisotopic (exact) mass is 315 g/mol. The lowest BCUT2D eigenvalue weighted by Gasteiger charge is -2.11. The molecule has 0 atom stereocenters. The molecule has 0 aliphatic rings. The number of halogens is 1. The fourth-order valence-corrected chi connectivity index (χ4v) is 2.31. The Labute approximate surface area is 132 Å². The largest absolute Gasteiger partial charge is 0.497 e. The summed E-state index contributed by atoms with van der Waals surface area (Å²) in [5.74, 6) is 2.09. The SMILES string of the molecule is COc1cc(Nc2ncnc3cc(Cl)ccc23)cc(OC)c1. The molecule has 0 amide bonds. The van der Waals surface area contributed by atoms with Crippen LogP contribution in [0.2, 0.25) is 5.02 Å². The lowest BCUT2D eigenvalue weighted by molar-refractivity contribution is 0.395. The van der Waals surface area contributed by atoms with Crippen molar-refractivity contribution in [3.63, 3.8) is 0 Å². The fourth-order valence-electron chi connectivity index (χ4n) is 2.15. The van der Waals surface area contributed by atoms with Gasteiger partial charge in [0.15, 0.2) is 0 Å². The summed E-state index contributed by atoms with van der Waals surface area (Å²) in [6.45, 7) is 0. The van der Waals surface area contributed by atoms with Crippen molar-refractivity contribution in [3.05, 3.63) is 47.7 Å². The summed E-state index contributed by atoms with van der Waals surface area (Å²) in [6, 6.07) is 11.0. The molecule has 0 spiro atoms. The molecule has 0 aliphatic heterocycles. The van der Waals surface area contributed by atoms with Gasteiger partial charge in [-0.15, -0.1) is 0 Å². The highest BCUT2D eigenvalue weighted by molar-refractivity contribution is 6.31. The van der Waals surface area contributed by atoms with E-state index in [1.54, 1.807) is 20.3 Å². The number of nitrogens with one attached hydrogen (secondary N) is 1. The summed E-state index contributed by atoms with van der Waals surface area (Å²) in [6.07, 6.45) is 1.50. The number of ether oxygens (including phenoxy) is 2. The molecule has 0 unspecified atom stereocenters. The van der Waals surface area contributed by atoms with Crippen molar-refractivity contribution in [2.75, 3.05) is 19.5 Å². The number of rotatable bonds is 4. The Hall–Kier alpha value is -2.53. The Bertz CT molecular complexity index is 801. The molecule has 2 aromatic carbocycles. The number of aromatic nitrogens is 2. The van der Waals surface area contributed by atoms with Gasteiger partial charge in [-0.2, -0.15) is 0 Å². The summed E-state index contributed by atoms with van der Waals surface area (Å²) in [5.41, 5.74) is 1.59. The summed E-state index contributed by atoms with van der Waals surface area (Å²) in [5, 5.41) is 4.78. The van der Waals surface area contributed by atoms with Gasteiger partial charge in [0.2, 0.25) is 0 Å². The van der Waals surface area contributed by atoms with Crippen LogP contribution in [0.5, 0.6) is 11.5 Å². The molecule has 5 nitrogen and oxygen atoms in total. The van der Waals surface area contributed by atoms with Crippen LogP contribution in [-0.2, 0) is 0 Å². The van der Waals surface area contributed by atoms with Crippen LogP contribution in [0.1, 0.15) is 0 Å². The molecule has 3 rings (SSSR count). The van der Waals surface area contributed by atoms with Crippen molar-refractivity contribution < 1.29 is 9.47 Å². The molecule has 0 aliphatic carbocycles. The van der Waals surface area contributed by atoms with Gasteiger partial charge in [-0.25, -0.2) is 9.97 Å². The highest BCUT2D eigenvalue weighted by Crippen LogP contribution is 2.30. The van der Waals surface area contributed by atoms with Crippen molar-refractivity contribution >= 4 is 34.0 Å². The topological polar surface area (TPSA) is 56.3 Å². The molecule has 0 fully saturated rings. The van der Waals surface area contributed by atoms with E-state index in [2.05, 4.69) is 15.3 Å². The molecule has 0 saturated heterocycles. The van der Waals surface area contributed by atoms with E-state index in [4.69, 9.17) is 21.1 Å². The molecule has 112 valence electrons. The van der Waals surface area contributed by atoms with E-state index in [-0.39, 0.29) is 0 Å². The number of benzene rings is 2. The van der Waals surface area contributed by atoms with Crippen molar-refractivity contribution in [2.45, 2.75) is 0 Å². The van der Waals surface area contributed by atoms with E-state index in [9.17, 15) is 0 Å². The number of hydrogen-bond donors (Lipinski definition) is 1. The second kappa shape index (κ2) is 6.07. The maximum atomic E-state index is 6.00. The third kappa shape index (κ3) is 2.89. The highest BCUT2D eigenvalue weighted by Gasteiger charge is 2.07. The first-order chi connectivity index (χ1) is 10.7. The molecule has 22 heavy (non-hydrogen) atoms. The maximum absolute atomic E-state index is 6.00. The normalized spacial score (nSPS) is 10.5. The number of fused-ring (bicyclic) bond motifs is 1. The van der Waals surface area contributed by atoms with Gasteiger partial charge in [0.25, 0.3) is 0 Å². The highest BCUT2D eigenvalue weighted by atomic mass is 35.5. The van der Waals surface area contributed by atoms with Crippen molar-refractivity contribution in [1.29, 1.82) is 0 Å². The number of methoxy groups -OCH3 is 2. The molecule has 0 bridgehead atoms. The van der Waals surface area contributed by atoms with Crippen LogP contribution in [0.15, 0.2) is 42.7 Å². The van der Waals surface area contributed by atoms with E-state index >= 15 is 0 Å². The molecule has 1 N–H and O–H groups in total. The van der Waals surface area contributed by atoms with Gasteiger partial charge < -0.3 is 14.8 Å². The minimum Gasteiger partial charge on any atom is -0.497 e. The van der Waals surface area contributed by atoms with Gasteiger partial charge >= 0.3 is 0 Å². The Balaban J connectivity index is 2.03. The molecule has 0 radical (unpaired) electrons. The zero-order valence-corrected chi connectivity index (χ0v) is 12.9. The maximum Gasteiger partial charge on any atom is 0.141 e. The quantitative estimate of drug-likeness (QED) is 0.787. The second-order valence-corrected chi connectivity index (χ2v) is 5.05. The predicted octanol–water partition coefficient (Wildman–Crippen LogP) is 4.04. The summed E-state index contributed by atoms with van der Waals surface area (Å²) in [4.78, 5) is 8.52. The standard InChI is InChI=1S/C16H14ClN3O2/c1-21-12-6-11(7-13(8-12)22-2)20-16-14-4-3-10(17)5-15(14)18-9-19-16/h3-9H,1-2H3,(H,18,19,20). The number of anilines is 2. The van der Waals surface area contributed by atoms with Crippen LogP contribution < -0.4 is 14.8 Å². The molecule has 6 heteroatoms. The summed E-state index contributed by atoms with van der Waals surface area (Å²) < 4.78 is 10.5. The first-order valence-corrected chi connectivity index (χ1v) is 6.98. The molecule has 3 aromatic rings. The lowest BCUT2D eigenvalue weighted by Crippen LogP contribution is -1.97. The van der Waals surface area contributed by atoms with Gasteiger partial charge in [0, 0.05) is 34.3 Å². The number of hydrogen-bond acceptors (Lipinski definition) is 5. The second-order valence-electron chi connectivity index (χ2n) is 4.61. The Morgan fingerprint density at radius 3 is 2.36 bits per heavy atom. The molecular weight excluding hydrogens is 302 g/mol. The Morgan fingerprint density at radius 2 is 1.68 bits per heavy atom. The fraction of sp³-hybridized carbons (Fsp3) is 0.125. The van der Waals surface area contributed by atoms with E-state index in [1.807, 2.05) is 30.3 Å². The van der Waals surface area contributed by atoms with Gasteiger partial charge in [-0.05, 0) is 18.2 Å². The van der Waals surface area contributed by atoms with Gasteiger partial charge in [-0.1, -0.05) is 11.6 Å². The van der Waals surface area contributed by atoms with Crippen molar-refractivity contribution in [2.24, 2.45) is 0 Å². The zero-order valence-electron chi connectivity index (χ0n) is 12.1. The molecule has 0 saturated carbocycles. The van der Waals surface area contributed by atoms with Crippen LogP contribution in [0.3, 0.4) is 0 Å². The zero-order chi connectivity index (χ0) is 15.5. The predicted molar refractivity (Wildman–Crippen MR) is 87.4 cm³/mol. The summed E-state index contributed by atoms with van der Waals surface area (Å²) in [7, 11) is 3.22. The smallest absolute Gasteiger partial charge is 0.141 e. The third-order valence-electron chi connectivity index (χ3n) is 3.21. The van der Waals surface area contributed by atoms with Crippen LogP contribution >= 0.6 is 11.6 Å². The number of nitrogens with zero attached hydrogens (tertiary/aromatic N) is 2. The van der Waals surface area contributed by atoms with E-state index in [0.29, 0.717) is 22.3 Å². The van der Waals surface area contributed by atoms with Crippen molar-refractivity contribution in [3.8, 4) is 11.5 Å². The average molecular weight is 316 g/mol. The van der Waals surface area contributed by atoms with Gasteiger partial charge in [0.1, 0.15) is 23.6 Å². The average Bonchev–Trinajstić information content (AvgIpc) is 2.54. The first-order valence-electron chi connectivity index (χ1n) is 6.60. The Morgan fingerprint density at radius 1 is 0.955 bits per heavy atom. The van der Waals surface area contributed by atoms with Crippen LogP contribution in [0.4, 0.5) is 11.5 Å². The van der Waals surface area contributed by atoms with Gasteiger partial charge in [0.05, 0.1) is 19.7 Å². The van der Waals surface area contributed by atoms with Crippen molar-refractivity contribution in [1.82, 2.24) is 9.97 Å². The first kappa shape index (κ1) is 14.4. The van der Waals surface area contributed by atoms with E-state index in [0.717, 1.165) is 16.6 Å². The molecule has 1 heterocycles. The third-order valence-corrected chi connectivity index (χ3v) is 3.45.